The molecule has 7 nitrogen and oxygen atoms in total. The third-order valence-electron chi connectivity index (χ3n) is 6.27. The molecule has 0 N–H and O–H groups in total. The summed E-state index contributed by atoms with van der Waals surface area (Å²) in [4.78, 5) is 46.9. The Bertz CT molecular complexity index is 1270. The summed E-state index contributed by atoms with van der Waals surface area (Å²) in [5.41, 5.74) is 1.93. The highest BCUT2D eigenvalue weighted by Crippen LogP contribution is 2.30. The molecule has 2 amide bonds. The van der Waals surface area contributed by atoms with Gasteiger partial charge in [0.25, 0.3) is 17.4 Å². The Morgan fingerprint density at radius 1 is 1.18 bits per heavy atom. The highest BCUT2D eigenvalue weighted by atomic mass is 32.2. The van der Waals surface area contributed by atoms with E-state index in [9.17, 15) is 14.4 Å². The number of amides is 2. The molecule has 1 saturated heterocycles. The van der Waals surface area contributed by atoms with Crippen molar-refractivity contribution >= 4 is 45.1 Å². The second-order valence-corrected chi connectivity index (χ2v) is 10.5. The number of carbonyl (C=O) groups is 2. The van der Waals surface area contributed by atoms with E-state index < -0.39 is 0 Å². The minimum absolute atomic E-state index is 0.00217. The van der Waals surface area contributed by atoms with Crippen molar-refractivity contribution in [3.05, 3.63) is 56.2 Å². The fourth-order valence-corrected chi connectivity index (χ4v) is 6.68. The second kappa shape index (κ2) is 9.04. The predicted molar refractivity (Wildman–Crippen MR) is 130 cm³/mol. The van der Waals surface area contributed by atoms with E-state index in [-0.39, 0.29) is 30.0 Å². The molecule has 33 heavy (non-hydrogen) atoms. The van der Waals surface area contributed by atoms with E-state index in [1.165, 1.54) is 16.7 Å². The Morgan fingerprint density at radius 3 is 2.55 bits per heavy atom. The van der Waals surface area contributed by atoms with Crippen LogP contribution in [0.1, 0.15) is 50.9 Å². The summed E-state index contributed by atoms with van der Waals surface area (Å²) in [6.45, 7) is 5.53. The Kier molecular flexibility index (Phi) is 6.11. The van der Waals surface area contributed by atoms with Gasteiger partial charge in [-0.3, -0.25) is 23.9 Å². The third-order valence-corrected chi connectivity index (χ3v) is 8.26. The Labute approximate surface area is 199 Å². The van der Waals surface area contributed by atoms with Gasteiger partial charge in [-0.25, -0.2) is 4.98 Å². The predicted octanol–water partition coefficient (Wildman–Crippen LogP) is 3.90. The number of aromatic nitrogens is 2. The number of nitrogens with zero attached hydrogens (tertiary/aromatic N) is 3. The summed E-state index contributed by atoms with van der Waals surface area (Å²) in [6.07, 6.45) is 2.71. The van der Waals surface area contributed by atoms with Crippen molar-refractivity contribution in [3.8, 4) is 0 Å². The molecule has 0 bridgehead atoms. The van der Waals surface area contributed by atoms with Gasteiger partial charge in [0.15, 0.2) is 5.16 Å². The number of hydrogen-bond donors (Lipinski definition) is 0. The highest BCUT2D eigenvalue weighted by molar-refractivity contribution is 7.99. The largest absolute Gasteiger partial charge is 0.376 e. The molecule has 0 spiro atoms. The minimum atomic E-state index is -0.266. The Balaban J connectivity index is 1.42. The zero-order valence-electron chi connectivity index (χ0n) is 18.6. The smallest absolute Gasteiger partial charge is 0.263 e. The Hall–Kier alpha value is -2.49. The molecule has 1 fully saturated rings. The molecular weight excluding hydrogens is 458 g/mol. The van der Waals surface area contributed by atoms with E-state index >= 15 is 0 Å². The van der Waals surface area contributed by atoms with Crippen molar-refractivity contribution in [2.75, 3.05) is 18.9 Å². The number of carbonyl (C=O) groups excluding carboxylic acids is 2. The van der Waals surface area contributed by atoms with Crippen molar-refractivity contribution in [1.82, 2.24) is 14.5 Å². The molecular formula is C24H25N3O4S2. The van der Waals surface area contributed by atoms with Gasteiger partial charge in [0, 0.05) is 23.8 Å². The van der Waals surface area contributed by atoms with Crippen molar-refractivity contribution < 1.29 is 14.3 Å². The van der Waals surface area contributed by atoms with Gasteiger partial charge in [-0.2, -0.15) is 0 Å². The average Bonchev–Trinajstić information content (AvgIpc) is 3.50. The van der Waals surface area contributed by atoms with Crippen molar-refractivity contribution in [1.29, 1.82) is 0 Å². The maximum Gasteiger partial charge on any atom is 0.263 e. The van der Waals surface area contributed by atoms with Crippen molar-refractivity contribution in [2.45, 2.75) is 50.9 Å². The number of imide groups is 1. The first-order chi connectivity index (χ1) is 16.0. The van der Waals surface area contributed by atoms with E-state index in [1.807, 2.05) is 6.92 Å². The topological polar surface area (TPSA) is 81.5 Å². The van der Waals surface area contributed by atoms with E-state index in [0.29, 0.717) is 34.0 Å². The maximum absolute atomic E-state index is 13.5. The van der Waals surface area contributed by atoms with Gasteiger partial charge in [0.2, 0.25) is 0 Å². The monoisotopic (exact) mass is 483 g/mol. The molecule has 2 aromatic heterocycles. The molecule has 2 aliphatic heterocycles. The van der Waals surface area contributed by atoms with Crippen LogP contribution in [0.4, 0.5) is 0 Å². The molecule has 0 saturated carbocycles. The summed E-state index contributed by atoms with van der Waals surface area (Å²) in [6, 6.07) is 6.89. The molecule has 1 atom stereocenters. The number of thioether (sulfide) groups is 1. The van der Waals surface area contributed by atoms with Gasteiger partial charge in [-0.05, 0) is 43.9 Å². The van der Waals surface area contributed by atoms with Crippen LogP contribution in [0.15, 0.2) is 34.2 Å². The van der Waals surface area contributed by atoms with Gasteiger partial charge in [0.05, 0.1) is 29.2 Å². The summed E-state index contributed by atoms with van der Waals surface area (Å²) < 4.78 is 7.53. The SMILES string of the molecule is CCc1c(C)sc2nc(SCCN3C(=O)c4ccccc4C3=O)n(CC3CCCO3)c(=O)c12. The zero-order valence-corrected chi connectivity index (χ0v) is 20.3. The zero-order chi connectivity index (χ0) is 23.1. The van der Waals surface area contributed by atoms with E-state index in [4.69, 9.17) is 9.72 Å². The van der Waals surface area contributed by atoms with Crippen LogP contribution in [-0.2, 0) is 17.7 Å². The lowest BCUT2D eigenvalue weighted by Crippen LogP contribution is -2.32. The molecule has 1 unspecified atom stereocenters. The third kappa shape index (κ3) is 3.92. The number of ether oxygens (including phenoxy) is 1. The summed E-state index contributed by atoms with van der Waals surface area (Å²) >= 11 is 2.96. The van der Waals surface area contributed by atoms with Gasteiger partial charge in [-0.1, -0.05) is 30.8 Å². The average molecular weight is 484 g/mol. The lowest BCUT2D eigenvalue weighted by atomic mass is 10.1. The van der Waals surface area contributed by atoms with Crippen LogP contribution in [0.5, 0.6) is 0 Å². The second-order valence-electron chi connectivity index (χ2n) is 8.27. The van der Waals surface area contributed by atoms with Crippen molar-refractivity contribution in [2.24, 2.45) is 0 Å². The molecule has 4 heterocycles. The standard InChI is InChI=1S/C24H25N3O4S2/c1-3-16-14(2)33-20-19(16)23(30)27(13-15-7-6-11-31-15)24(25-20)32-12-10-26-21(28)17-8-4-5-9-18(17)22(26)29/h4-5,8-9,15H,3,6-7,10-13H2,1-2H3. The van der Waals surface area contributed by atoms with Crippen LogP contribution in [0, 0.1) is 6.92 Å². The van der Waals surface area contributed by atoms with E-state index in [1.54, 1.807) is 40.2 Å². The highest BCUT2D eigenvalue weighted by Gasteiger charge is 2.34. The molecule has 0 radical (unpaired) electrons. The number of fused-ring (bicyclic) bond motifs is 2. The molecule has 1 aromatic carbocycles. The first kappa shape index (κ1) is 22.3. The summed E-state index contributed by atoms with van der Waals surface area (Å²) in [5.74, 6) is -0.0735. The summed E-state index contributed by atoms with van der Waals surface area (Å²) in [7, 11) is 0. The molecule has 5 rings (SSSR count). The number of benzene rings is 1. The lowest BCUT2D eigenvalue weighted by Gasteiger charge is -2.17. The van der Waals surface area contributed by atoms with Crippen LogP contribution in [0.25, 0.3) is 10.2 Å². The van der Waals surface area contributed by atoms with E-state index in [2.05, 4.69) is 6.92 Å². The van der Waals surface area contributed by atoms with Gasteiger partial charge in [0.1, 0.15) is 4.83 Å². The fraction of sp³-hybridized carbons (Fsp3) is 0.417. The first-order valence-electron chi connectivity index (χ1n) is 11.2. The maximum atomic E-state index is 13.5. The number of rotatable bonds is 7. The molecule has 9 heteroatoms. The molecule has 3 aromatic rings. The minimum Gasteiger partial charge on any atom is -0.376 e. The molecule has 2 aliphatic rings. The normalized spacial score (nSPS) is 18.0. The first-order valence-corrected chi connectivity index (χ1v) is 13.0. The van der Waals surface area contributed by atoms with Crippen molar-refractivity contribution in [3.63, 3.8) is 0 Å². The number of thiophene rings is 1. The Morgan fingerprint density at radius 2 is 1.91 bits per heavy atom. The van der Waals surface area contributed by atoms with Gasteiger partial charge in [-0.15, -0.1) is 11.3 Å². The summed E-state index contributed by atoms with van der Waals surface area (Å²) in [5, 5.41) is 1.33. The van der Waals surface area contributed by atoms with E-state index in [0.717, 1.165) is 41.1 Å². The fourth-order valence-electron chi connectivity index (χ4n) is 4.59. The molecule has 172 valence electrons. The van der Waals surface area contributed by atoms with Gasteiger partial charge >= 0.3 is 0 Å². The number of hydrogen-bond acceptors (Lipinski definition) is 7. The van der Waals surface area contributed by atoms with Crippen LogP contribution in [-0.4, -0.2) is 51.3 Å². The number of aryl methyl sites for hydroxylation is 2. The van der Waals surface area contributed by atoms with Crippen LogP contribution < -0.4 is 5.56 Å². The quantitative estimate of drug-likeness (QED) is 0.288. The van der Waals surface area contributed by atoms with Gasteiger partial charge < -0.3 is 4.74 Å². The van der Waals surface area contributed by atoms with Crippen LogP contribution >= 0.6 is 23.1 Å². The van der Waals surface area contributed by atoms with Crippen LogP contribution in [0.3, 0.4) is 0 Å². The molecule has 0 aliphatic carbocycles. The van der Waals surface area contributed by atoms with Crippen LogP contribution in [0.2, 0.25) is 0 Å². The lowest BCUT2D eigenvalue weighted by molar-refractivity contribution is 0.0664.